The lowest BCUT2D eigenvalue weighted by atomic mass is 9.79. The van der Waals surface area contributed by atoms with Crippen LogP contribution in [0.15, 0.2) is 60.7 Å². The summed E-state index contributed by atoms with van der Waals surface area (Å²) in [6, 6.07) is 17.9. The molecule has 0 radical (unpaired) electrons. The molecule has 1 aliphatic rings. The maximum atomic E-state index is 13.2. The first-order valence-electron chi connectivity index (χ1n) is 9.99. The van der Waals surface area contributed by atoms with Crippen molar-refractivity contribution in [1.82, 2.24) is 0 Å². The van der Waals surface area contributed by atoms with Crippen LogP contribution in [-0.2, 0) is 20.8 Å². The van der Waals surface area contributed by atoms with Crippen molar-refractivity contribution in [3.63, 3.8) is 0 Å². The molecule has 1 amide bonds. The molecule has 166 valence electrons. The lowest BCUT2D eigenvalue weighted by molar-refractivity contribution is -0.146. The van der Waals surface area contributed by atoms with Gasteiger partial charge in [-0.25, -0.2) is 4.79 Å². The number of carbonyl (C=O) groups is 2. The number of aryl methyl sites for hydroxylation is 1. The van der Waals surface area contributed by atoms with Gasteiger partial charge in [-0.15, -0.1) is 11.3 Å². The highest BCUT2D eigenvalue weighted by Crippen LogP contribution is 2.43. The fraction of sp³-hybridized carbons (Fsp3) is 0.217. The van der Waals surface area contributed by atoms with E-state index in [-0.39, 0.29) is 10.6 Å². The number of nitrogens with two attached hydrogens (primary N) is 1. The van der Waals surface area contributed by atoms with E-state index in [2.05, 4.69) is 0 Å². The molecular formula is C23H21N2O5S2-. The van der Waals surface area contributed by atoms with Gasteiger partial charge in [-0.1, -0.05) is 48.0 Å². The minimum Gasteiger partial charge on any atom is -0.755 e. The molecule has 2 N–H and O–H groups in total. The van der Waals surface area contributed by atoms with Gasteiger partial charge >= 0.3 is 5.97 Å². The molecule has 1 atom stereocenters. The van der Waals surface area contributed by atoms with E-state index in [0.717, 1.165) is 33.2 Å². The summed E-state index contributed by atoms with van der Waals surface area (Å²) in [6.45, 7) is 1.89. The van der Waals surface area contributed by atoms with Crippen LogP contribution in [-0.4, -0.2) is 26.2 Å². The van der Waals surface area contributed by atoms with E-state index < -0.39 is 28.7 Å². The molecule has 9 heteroatoms. The molecule has 1 aliphatic carbocycles. The number of thiophene rings is 1. The molecule has 1 saturated carbocycles. The van der Waals surface area contributed by atoms with Crippen molar-refractivity contribution < 1.29 is 23.1 Å². The van der Waals surface area contributed by atoms with Crippen molar-refractivity contribution in [2.24, 2.45) is 5.73 Å². The van der Waals surface area contributed by atoms with Gasteiger partial charge in [-0.05, 0) is 49.9 Å². The van der Waals surface area contributed by atoms with Gasteiger partial charge in [0.15, 0.2) is 5.60 Å². The van der Waals surface area contributed by atoms with Gasteiger partial charge in [0, 0.05) is 4.88 Å². The molecule has 1 unspecified atom stereocenters. The van der Waals surface area contributed by atoms with Crippen LogP contribution in [0.4, 0.5) is 11.4 Å². The Morgan fingerprint density at radius 3 is 2.31 bits per heavy atom. The second kappa shape index (κ2) is 8.85. The van der Waals surface area contributed by atoms with Crippen molar-refractivity contribution in [3.05, 3.63) is 71.1 Å². The number of hydrogen-bond acceptors (Lipinski definition) is 6. The van der Waals surface area contributed by atoms with Gasteiger partial charge in [0.2, 0.25) is 0 Å². The van der Waals surface area contributed by atoms with Gasteiger partial charge in [0.25, 0.3) is 5.91 Å². The lowest BCUT2D eigenvalue weighted by Crippen LogP contribution is -2.52. The molecule has 0 aliphatic heterocycles. The minimum absolute atomic E-state index is 0.0844. The number of primary amides is 1. The van der Waals surface area contributed by atoms with Gasteiger partial charge in [0.05, 0.1) is 22.6 Å². The molecule has 4 rings (SSSR count). The number of rotatable bonds is 7. The van der Waals surface area contributed by atoms with Crippen molar-refractivity contribution in [2.45, 2.75) is 31.8 Å². The minimum atomic E-state index is -2.71. The Morgan fingerprint density at radius 1 is 1.12 bits per heavy atom. The molecule has 0 saturated heterocycles. The first-order valence-corrected chi connectivity index (χ1v) is 11.8. The molecule has 0 bridgehead atoms. The van der Waals surface area contributed by atoms with Gasteiger partial charge < -0.3 is 15.0 Å². The summed E-state index contributed by atoms with van der Waals surface area (Å²) in [7, 11) is 0. The van der Waals surface area contributed by atoms with E-state index in [4.69, 9.17) is 10.5 Å². The Balaban J connectivity index is 1.81. The van der Waals surface area contributed by atoms with Gasteiger partial charge in [0.1, 0.15) is 4.88 Å². The average molecular weight is 470 g/mol. The molecule has 32 heavy (non-hydrogen) atoms. The Bertz CT molecular complexity index is 1170. The second-order valence-electron chi connectivity index (χ2n) is 7.64. The van der Waals surface area contributed by atoms with Crippen molar-refractivity contribution >= 4 is 45.9 Å². The van der Waals surface area contributed by atoms with E-state index in [1.165, 1.54) is 0 Å². The topological polar surface area (TPSA) is 113 Å². The lowest BCUT2D eigenvalue weighted by Gasteiger charge is -2.37. The van der Waals surface area contributed by atoms with E-state index in [1.54, 1.807) is 30.3 Å². The Morgan fingerprint density at radius 2 is 1.78 bits per heavy atom. The third kappa shape index (κ3) is 4.19. The molecule has 0 spiro atoms. The fourth-order valence-corrected chi connectivity index (χ4v) is 5.21. The number of nitrogens with zero attached hydrogens (tertiary/aromatic N) is 1. The van der Waals surface area contributed by atoms with Gasteiger partial charge in [-0.3, -0.25) is 13.3 Å². The number of ether oxygens (including phenoxy) is 1. The summed E-state index contributed by atoms with van der Waals surface area (Å²) in [5.41, 5.74) is 6.48. The van der Waals surface area contributed by atoms with E-state index in [1.807, 2.05) is 37.3 Å². The smallest absolute Gasteiger partial charge is 0.351 e. The predicted molar refractivity (Wildman–Crippen MR) is 123 cm³/mol. The van der Waals surface area contributed by atoms with E-state index in [9.17, 15) is 18.4 Å². The molecule has 7 nitrogen and oxygen atoms in total. The largest absolute Gasteiger partial charge is 0.755 e. The number of esters is 1. The van der Waals surface area contributed by atoms with Crippen LogP contribution in [0.2, 0.25) is 0 Å². The molecule has 3 aromatic rings. The SMILES string of the molecule is Cc1ccc(N(c2cc(-c3ccccc3)sc2C(=O)OC2(C(N)=O)CCC2)S(=O)[O-])cc1. The summed E-state index contributed by atoms with van der Waals surface area (Å²) in [5.74, 6) is -1.46. The fourth-order valence-electron chi connectivity index (χ4n) is 3.53. The Labute approximate surface area is 192 Å². The summed E-state index contributed by atoms with van der Waals surface area (Å²) in [6.07, 6.45) is 1.44. The average Bonchev–Trinajstić information content (AvgIpc) is 3.17. The maximum Gasteiger partial charge on any atom is 0.351 e. The summed E-state index contributed by atoms with van der Waals surface area (Å²) in [5, 5.41) is 0. The predicted octanol–water partition coefficient (Wildman–Crippen LogP) is 4.22. The standard InChI is InChI=1S/C23H22N2O5S2/c1-15-8-10-17(11-9-15)25(32(28)29)18-14-19(16-6-3-2-4-7-16)31-20(18)21(26)30-23(22(24)27)12-5-13-23/h2-4,6-11,14H,5,12-13H2,1H3,(H2,24,27)(H,28,29)/p-1. The first kappa shape index (κ1) is 22.2. The highest BCUT2D eigenvalue weighted by molar-refractivity contribution is 7.81. The number of anilines is 2. The Kier molecular flexibility index (Phi) is 6.14. The highest BCUT2D eigenvalue weighted by atomic mass is 32.2. The number of carbonyl (C=O) groups excluding carboxylic acids is 2. The first-order chi connectivity index (χ1) is 15.3. The second-order valence-corrected chi connectivity index (χ2v) is 9.49. The zero-order chi connectivity index (χ0) is 22.9. The van der Waals surface area contributed by atoms with Crippen LogP contribution in [0, 0.1) is 6.92 Å². The van der Waals surface area contributed by atoms with Crippen molar-refractivity contribution in [1.29, 1.82) is 0 Å². The maximum absolute atomic E-state index is 13.2. The molecular weight excluding hydrogens is 448 g/mol. The van der Waals surface area contributed by atoms with Crippen molar-refractivity contribution in [3.8, 4) is 10.4 Å². The van der Waals surface area contributed by atoms with Crippen LogP contribution in [0.25, 0.3) is 10.4 Å². The zero-order valence-electron chi connectivity index (χ0n) is 17.3. The van der Waals surface area contributed by atoms with Crippen LogP contribution in [0.3, 0.4) is 0 Å². The van der Waals surface area contributed by atoms with Gasteiger partial charge in [-0.2, -0.15) is 0 Å². The van der Waals surface area contributed by atoms with E-state index in [0.29, 0.717) is 23.4 Å². The Hall–Kier alpha value is -3.01. The number of benzene rings is 2. The van der Waals surface area contributed by atoms with Crippen molar-refractivity contribution in [2.75, 3.05) is 4.31 Å². The van der Waals surface area contributed by atoms with Crippen LogP contribution >= 0.6 is 11.3 Å². The summed E-state index contributed by atoms with van der Waals surface area (Å²) >= 11 is -1.60. The van der Waals surface area contributed by atoms with Crippen LogP contribution in [0.1, 0.15) is 34.5 Å². The van der Waals surface area contributed by atoms with Crippen LogP contribution < -0.4 is 10.0 Å². The molecule has 1 heterocycles. The monoisotopic (exact) mass is 469 g/mol. The third-order valence-electron chi connectivity index (χ3n) is 5.49. The highest BCUT2D eigenvalue weighted by Gasteiger charge is 2.47. The molecule has 1 aromatic heterocycles. The number of amides is 1. The quantitative estimate of drug-likeness (QED) is 0.411. The van der Waals surface area contributed by atoms with E-state index >= 15 is 0 Å². The molecule has 1 fully saturated rings. The molecule has 2 aromatic carbocycles. The summed E-state index contributed by atoms with van der Waals surface area (Å²) < 4.78 is 31.2. The normalized spacial score (nSPS) is 15.4. The zero-order valence-corrected chi connectivity index (χ0v) is 18.9. The van der Waals surface area contributed by atoms with Crippen LogP contribution in [0.5, 0.6) is 0 Å². The third-order valence-corrected chi connectivity index (χ3v) is 7.35. The summed E-state index contributed by atoms with van der Waals surface area (Å²) in [4.78, 5) is 25.9. The number of hydrogen-bond donors (Lipinski definition) is 1.